The molecular formula is C35H28N2. The van der Waals surface area contributed by atoms with Gasteiger partial charge in [0.1, 0.15) is 5.84 Å². The zero-order valence-corrected chi connectivity index (χ0v) is 21.3. The first-order valence-electron chi connectivity index (χ1n) is 12.9. The van der Waals surface area contributed by atoms with Crippen molar-refractivity contribution in [2.45, 2.75) is 26.2 Å². The second-order valence-electron chi connectivity index (χ2n) is 10.6. The molecule has 0 saturated carbocycles. The maximum atomic E-state index is 5.17. The summed E-state index contributed by atoms with van der Waals surface area (Å²) in [6.07, 6.45) is 0. The number of amidine groups is 1. The van der Waals surface area contributed by atoms with Crippen LogP contribution < -0.4 is 5.32 Å². The lowest BCUT2D eigenvalue weighted by Crippen LogP contribution is -2.23. The van der Waals surface area contributed by atoms with Gasteiger partial charge in [0.25, 0.3) is 0 Å². The van der Waals surface area contributed by atoms with Crippen molar-refractivity contribution in [1.82, 2.24) is 0 Å². The van der Waals surface area contributed by atoms with Gasteiger partial charge in [-0.1, -0.05) is 98.8 Å². The number of para-hydroxylation sites is 2. The van der Waals surface area contributed by atoms with Gasteiger partial charge in [-0.25, -0.2) is 4.99 Å². The van der Waals surface area contributed by atoms with E-state index in [0.717, 1.165) is 22.8 Å². The van der Waals surface area contributed by atoms with Crippen molar-refractivity contribution >= 4 is 49.5 Å². The first kappa shape index (κ1) is 21.8. The van der Waals surface area contributed by atoms with Crippen LogP contribution in [-0.4, -0.2) is 5.84 Å². The van der Waals surface area contributed by atoms with E-state index in [9.17, 15) is 0 Å². The fourth-order valence-electron chi connectivity index (χ4n) is 6.07. The monoisotopic (exact) mass is 476 g/mol. The minimum absolute atomic E-state index is 0.0981. The predicted molar refractivity (Wildman–Crippen MR) is 159 cm³/mol. The van der Waals surface area contributed by atoms with Crippen molar-refractivity contribution in [3.63, 3.8) is 0 Å². The Bertz CT molecular complexity index is 1880. The number of aliphatic imine (C=N–C) groups is 1. The maximum Gasteiger partial charge on any atom is 0.138 e. The van der Waals surface area contributed by atoms with E-state index < -0.39 is 0 Å². The number of nitrogens with one attached hydrogen (secondary N) is 1. The van der Waals surface area contributed by atoms with Gasteiger partial charge in [0.05, 0.1) is 5.69 Å². The highest BCUT2D eigenvalue weighted by atomic mass is 15.0. The van der Waals surface area contributed by atoms with Gasteiger partial charge in [-0.2, -0.15) is 0 Å². The molecule has 7 rings (SSSR count). The molecule has 37 heavy (non-hydrogen) atoms. The fraction of sp³-hybridized carbons (Fsp3) is 0.114. The number of nitrogens with zero attached hydrogens (tertiary/aromatic N) is 1. The number of aryl methyl sites for hydroxylation is 1. The molecule has 0 fully saturated rings. The van der Waals surface area contributed by atoms with E-state index in [1.165, 1.54) is 49.0 Å². The summed E-state index contributed by atoms with van der Waals surface area (Å²) in [5, 5.41) is 11.6. The molecule has 0 aliphatic heterocycles. The Morgan fingerprint density at radius 3 is 2.16 bits per heavy atom. The van der Waals surface area contributed by atoms with Crippen LogP contribution in [0, 0.1) is 6.92 Å². The molecule has 6 aromatic rings. The largest absolute Gasteiger partial charge is 0.339 e. The quantitative estimate of drug-likeness (QED) is 0.154. The molecule has 1 N–H and O–H groups in total. The third-order valence-electron chi connectivity index (χ3n) is 7.98. The molecule has 0 atom stereocenters. The topological polar surface area (TPSA) is 24.4 Å². The van der Waals surface area contributed by atoms with Crippen LogP contribution in [0.2, 0.25) is 0 Å². The normalized spacial score (nSPS) is 14.2. The van der Waals surface area contributed by atoms with Crippen LogP contribution in [0.5, 0.6) is 0 Å². The van der Waals surface area contributed by atoms with Crippen molar-refractivity contribution in [2.75, 3.05) is 5.32 Å². The van der Waals surface area contributed by atoms with Crippen LogP contribution in [0.25, 0.3) is 32.3 Å². The van der Waals surface area contributed by atoms with Crippen LogP contribution in [0.3, 0.4) is 0 Å². The van der Waals surface area contributed by atoms with Crippen molar-refractivity contribution in [1.29, 1.82) is 0 Å². The zero-order chi connectivity index (χ0) is 25.1. The highest BCUT2D eigenvalue weighted by Gasteiger charge is 2.33. The first-order chi connectivity index (χ1) is 18.0. The Labute approximate surface area is 217 Å². The molecule has 0 amide bonds. The lowest BCUT2D eigenvalue weighted by Gasteiger charge is -2.34. The van der Waals surface area contributed by atoms with Crippen molar-refractivity contribution in [3.05, 3.63) is 131 Å². The number of hydrogen-bond acceptors (Lipinski definition) is 1. The molecule has 0 radical (unpaired) electrons. The molecule has 0 bridgehead atoms. The SMILES string of the molecule is Cc1ccccc1N/C(=N/c1ccccc1)c1cc2ccc3cccc4c3c2c2c(cccc12)C4(C)C. The van der Waals surface area contributed by atoms with Gasteiger partial charge in [-0.3, -0.25) is 0 Å². The van der Waals surface area contributed by atoms with E-state index >= 15 is 0 Å². The highest BCUT2D eigenvalue weighted by Crippen LogP contribution is 2.49. The molecule has 1 aliphatic carbocycles. The molecule has 0 spiro atoms. The lowest BCUT2D eigenvalue weighted by atomic mass is 9.69. The summed E-state index contributed by atoms with van der Waals surface area (Å²) >= 11 is 0. The zero-order valence-electron chi connectivity index (χ0n) is 21.3. The van der Waals surface area contributed by atoms with E-state index in [1.807, 2.05) is 18.2 Å². The summed E-state index contributed by atoms with van der Waals surface area (Å²) in [6, 6.07) is 39.0. The number of rotatable bonds is 3. The summed E-state index contributed by atoms with van der Waals surface area (Å²) in [5.74, 6) is 0.858. The van der Waals surface area contributed by atoms with E-state index in [1.54, 1.807) is 0 Å². The second kappa shape index (κ2) is 8.04. The van der Waals surface area contributed by atoms with Gasteiger partial charge in [-0.05, 0) is 80.2 Å². The van der Waals surface area contributed by atoms with Gasteiger partial charge in [0.2, 0.25) is 0 Å². The average molecular weight is 477 g/mol. The van der Waals surface area contributed by atoms with Gasteiger partial charge in [-0.15, -0.1) is 0 Å². The molecule has 0 aromatic heterocycles. The highest BCUT2D eigenvalue weighted by molar-refractivity contribution is 6.29. The Morgan fingerprint density at radius 2 is 1.35 bits per heavy atom. The maximum absolute atomic E-state index is 5.17. The molecule has 2 heteroatoms. The van der Waals surface area contributed by atoms with Crippen LogP contribution >= 0.6 is 0 Å². The first-order valence-corrected chi connectivity index (χ1v) is 12.9. The van der Waals surface area contributed by atoms with Gasteiger partial charge < -0.3 is 5.32 Å². The summed E-state index contributed by atoms with van der Waals surface area (Å²) in [5.41, 5.74) is 6.97. The Balaban J connectivity index is 1.60. The molecule has 1 aliphatic rings. The Kier molecular flexibility index (Phi) is 4.74. The minimum Gasteiger partial charge on any atom is -0.339 e. The predicted octanol–water partition coefficient (Wildman–Crippen LogP) is 9.28. The van der Waals surface area contributed by atoms with Crippen molar-refractivity contribution in [2.24, 2.45) is 4.99 Å². The molecular weight excluding hydrogens is 448 g/mol. The van der Waals surface area contributed by atoms with Crippen LogP contribution in [0.4, 0.5) is 11.4 Å². The molecule has 2 nitrogen and oxygen atoms in total. The molecule has 0 unspecified atom stereocenters. The van der Waals surface area contributed by atoms with Crippen molar-refractivity contribution in [3.8, 4) is 0 Å². The van der Waals surface area contributed by atoms with Gasteiger partial charge >= 0.3 is 0 Å². The van der Waals surface area contributed by atoms with Gasteiger partial charge in [0, 0.05) is 16.7 Å². The van der Waals surface area contributed by atoms with Crippen LogP contribution in [0.1, 0.15) is 36.1 Å². The molecule has 0 heterocycles. The van der Waals surface area contributed by atoms with Crippen molar-refractivity contribution < 1.29 is 0 Å². The third-order valence-corrected chi connectivity index (χ3v) is 7.98. The third kappa shape index (κ3) is 3.29. The van der Waals surface area contributed by atoms with E-state index in [-0.39, 0.29) is 5.41 Å². The molecule has 0 saturated heterocycles. The summed E-state index contributed by atoms with van der Waals surface area (Å²) in [6.45, 7) is 6.85. The fourth-order valence-corrected chi connectivity index (χ4v) is 6.07. The average Bonchev–Trinajstić information content (AvgIpc) is 2.92. The summed E-state index contributed by atoms with van der Waals surface area (Å²) < 4.78 is 0. The second-order valence-corrected chi connectivity index (χ2v) is 10.6. The van der Waals surface area contributed by atoms with Gasteiger partial charge in [0.15, 0.2) is 0 Å². The minimum atomic E-state index is -0.0981. The standard InChI is InChI=1S/C35H28N2/c1-22-11-7-8-18-30(22)37-34(36-25-13-5-4-6-14-25)27-21-24-20-19-23-12-9-16-28-31(23)32(24)33-26(27)15-10-17-29(33)35(28,2)3/h4-21H,1-3H3,(H,36,37). The van der Waals surface area contributed by atoms with Crippen LogP contribution in [-0.2, 0) is 5.41 Å². The smallest absolute Gasteiger partial charge is 0.138 e. The van der Waals surface area contributed by atoms with E-state index in [4.69, 9.17) is 4.99 Å². The van der Waals surface area contributed by atoms with Crippen LogP contribution in [0.15, 0.2) is 114 Å². The number of benzene rings is 6. The Morgan fingerprint density at radius 1 is 0.649 bits per heavy atom. The summed E-state index contributed by atoms with van der Waals surface area (Å²) in [7, 11) is 0. The number of hydrogen-bond donors (Lipinski definition) is 1. The van der Waals surface area contributed by atoms with E-state index in [2.05, 4.69) is 117 Å². The Hall–Kier alpha value is -4.43. The summed E-state index contributed by atoms with van der Waals surface area (Å²) in [4.78, 5) is 5.17. The molecule has 178 valence electrons. The number of anilines is 1. The van der Waals surface area contributed by atoms with E-state index in [0.29, 0.717) is 0 Å². The lowest BCUT2D eigenvalue weighted by molar-refractivity contribution is 0.652. The molecule has 6 aromatic carbocycles.